The van der Waals surface area contributed by atoms with Gasteiger partial charge in [-0.1, -0.05) is 49.0 Å². The average Bonchev–Trinajstić information content (AvgIpc) is 3.35. The van der Waals surface area contributed by atoms with Crippen LogP contribution in [0.3, 0.4) is 0 Å². The first-order valence-electron chi connectivity index (χ1n) is 10.6. The fourth-order valence-electron chi connectivity index (χ4n) is 3.76. The predicted molar refractivity (Wildman–Crippen MR) is 136 cm³/mol. The molecule has 3 nitrogen and oxygen atoms in total. The lowest BCUT2D eigenvalue weighted by atomic mass is 10.1. The van der Waals surface area contributed by atoms with Crippen molar-refractivity contribution in [3.63, 3.8) is 0 Å². The van der Waals surface area contributed by atoms with E-state index in [4.69, 9.17) is 4.42 Å². The summed E-state index contributed by atoms with van der Waals surface area (Å²) in [6.07, 6.45) is 1.68. The highest BCUT2D eigenvalue weighted by molar-refractivity contribution is 7.99. The van der Waals surface area contributed by atoms with Gasteiger partial charge in [-0.2, -0.15) is 0 Å². The van der Waals surface area contributed by atoms with Crippen molar-refractivity contribution in [3.8, 4) is 22.7 Å². The number of aryl methyl sites for hydroxylation is 1. The van der Waals surface area contributed by atoms with E-state index in [1.807, 2.05) is 49.4 Å². The molecule has 3 aromatic carbocycles. The zero-order valence-electron chi connectivity index (χ0n) is 18.6. The zero-order valence-corrected chi connectivity index (χ0v) is 19.4. The first-order chi connectivity index (χ1) is 16.1. The Morgan fingerprint density at radius 1 is 1.03 bits per heavy atom. The van der Waals surface area contributed by atoms with Crippen LogP contribution in [-0.4, -0.2) is 10.7 Å². The molecule has 0 unspecified atom stereocenters. The smallest absolute Gasteiger partial charge is 0.226 e. The van der Waals surface area contributed by atoms with Gasteiger partial charge in [-0.05, 0) is 36.8 Å². The minimum atomic E-state index is -0.191. The fraction of sp³-hybridized carbons (Fsp3) is 0.107. The number of benzene rings is 3. The molecule has 0 bridgehead atoms. The van der Waals surface area contributed by atoms with Gasteiger partial charge in [0.2, 0.25) is 5.89 Å². The van der Waals surface area contributed by atoms with E-state index in [9.17, 15) is 4.39 Å². The van der Waals surface area contributed by atoms with Gasteiger partial charge in [-0.3, -0.25) is 0 Å². The van der Waals surface area contributed by atoms with E-state index < -0.39 is 0 Å². The van der Waals surface area contributed by atoms with E-state index in [0.717, 1.165) is 44.4 Å². The summed E-state index contributed by atoms with van der Waals surface area (Å²) in [4.78, 5) is 7.92. The highest BCUT2D eigenvalue weighted by Gasteiger charge is 2.24. The predicted octanol–water partition coefficient (Wildman–Crippen LogP) is 7.88. The normalized spacial score (nSPS) is 12.7. The summed E-state index contributed by atoms with van der Waals surface area (Å²) in [6.45, 7) is 12.6. The van der Waals surface area contributed by atoms with Crippen molar-refractivity contribution < 1.29 is 8.81 Å². The number of anilines is 1. The van der Waals surface area contributed by atoms with Crippen LogP contribution in [0.5, 0.6) is 0 Å². The number of oxazole rings is 1. The molecule has 166 valence electrons. The molecule has 5 rings (SSSR count). The highest BCUT2D eigenvalue weighted by atomic mass is 32.2. The topological polar surface area (TPSA) is 29.3 Å². The van der Waals surface area contributed by atoms with Crippen molar-refractivity contribution >= 4 is 17.4 Å². The van der Waals surface area contributed by atoms with E-state index in [-0.39, 0.29) is 5.82 Å². The van der Waals surface area contributed by atoms with Crippen LogP contribution in [-0.2, 0) is 6.54 Å². The molecule has 33 heavy (non-hydrogen) atoms. The second-order valence-electron chi connectivity index (χ2n) is 7.56. The van der Waals surface area contributed by atoms with E-state index in [0.29, 0.717) is 18.0 Å². The summed E-state index contributed by atoms with van der Waals surface area (Å²) in [5, 5.41) is 0. The van der Waals surface area contributed by atoms with Crippen LogP contribution in [0.2, 0.25) is 0 Å². The molecule has 5 heteroatoms. The minimum absolute atomic E-state index is 0.191. The Morgan fingerprint density at radius 3 is 2.58 bits per heavy atom. The third-order valence-electron chi connectivity index (χ3n) is 5.52. The Balaban J connectivity index is 0.00000126. The minimum Gasteiger partial charge on any atom is -0.444 e. The van der Waals surface area contributed by atoms with Gasteiger partial charge in [0.1, 0.15) is 17.8 Å². The number of thioether (sulfide) groups is 1. The van der Waals surface area contributed by atoms with Gasteiger partial charge in [-0.15, -0.1) is 24.9 Å². The highest BCUT2D eigenvalue weighted by Crippen LogP contribution is 2.42. The average molecular weight is 457 g/mol. The van der Waals surface area contributed by atoms with Crippen LogP contribution in [0.25, 0.3) is 22.7 Å². The van der Waals surface area contributed by atoms with Crippen LogP contribution in [0, 0.1) is 12.7 Å². The maximum Gasteiger partial charge on any atom is 0.226 e. The molecule has 0 saturated carbocycles. The van der Waals surface area contributed by atoms with Crippen molar-refractivity contribution in [2.24, 2.45) is 0 Å². The number of hydrogen-bond acceptors (Lipinski definition) is 4. The second kappa shape index (κ2) is 9.92. The summed E-state index contributed by atoms with van der Waals surface area (Å²) in [5.74, 6) is 1.14. The summed E-state index contributed by atoms with van der Waals surface area (Å²) >= 11 is 1.74. The summed E-state index contributed by atoms with van der Waals surface area (Å²) in [5.41, 5.74) is 6.27. The Bertz CT molecular complexity index is 1260. The van der Waals surface area contributed by atoms with Crippen molar-refractivity contribution in [2.45, 2.75) is 18.4 Å². The molecule has 0 atom stereocenters. The van der Waals surface area contributed by atoms with Gasteiger partial charge in [-0.25, -0.2) is 9.37 Å². The van der Waals surface area contributed by atoms with Gasteiger partial charge >= 0.3 is 0 Å². The molecule has 0 fully saturated rings. The first-order valence-corrected chi connectivity index (χ1v) is 11.6. The standard InChI is InChI=1S/C26H21FN2OS.C2H4/c1-17-7-6-10-22(27)21(17)14-29-18(2)16-31-25-12-11-20(13-24(25)29)26-28-23(15-30-26)19-8-4-3-5-9-19;1-2/h3-13,15H,2,14,16H2,1H3;1-2H2. The Labute approximate surface area is 198 Å². The van der Waals surface area contributed by atoms with Crippen LogP contribution in [0.15, 0.2) is 108 Å². The quantitative estimate of drug-likeness (QED) is 0.292. The van der Waals surface area contributed by atoms with Crippen LogP contribution in [0.1, 0.15) is 11.1 Å². The number of nitrogens with zero attached hydrogens (tertiary/aromatic N) is 2. The lowest BCUT2D eigenvalue weighted by Gasteiger charge is -2.33. The SMILES string of the molecule is C=C.C=C1CSc2ccc(-c3nc(-c4ccccc4)co3)cc2N1Cc1c(C)cccc1F. The maximum atomic E-state index is 14.5. The molecule has 1 aromatic heterocycles. The number of fused-ring (bicyclic) bond motifs is 1. The van der Waals surface area contributed by atoms with E-state index >= 15 is 0 Å². The summed E-state index contributed by atoms with van der Waals surface area (Å²) in [6, 6.07) is 21.3. The molecular weight excluding hydrogens is 431 g/mol. The molecular formula is C28H25FN2OS. The van der Waals surface area contributed by atoms with Crippen molar-refractivity contribution in [1.82, 2.24) is 4.98 Å². The number of hydrogen-bond donors (Lipinski definition) is 0. The van der Waals surface area contributed by atoms with Gasteiger partial charge in [0.15, 0.2) is 0 Å². The molecule has 2 heterocycles. The van der Waals surface area contributed by atoms with Crippen molar-refractivity contribution in [3.05, 3.63) is 115 Å². The summed E-state index contributed by atoms with van der Waals surface area (Å²) in [7, 11) is 0. The van der Waals surface area contributed by atoms with E-state index in [2.05, 4.69) is 41.8 Å². The lowest BCUT2D eigenvalue weighted by Crippen LogP contribution is -2.27. The van der Waals surface area contributed by atoms with Gasteiger partial charge in [0.25, 0.3) is 0 Å². The van der Waals surface area contributed by atoms with Crippen LogP contribution >= 0.6 is 11.8 Å². The molecule has 4 aromatic rings. The van der Waals surface area contributed by atoms with Gasteiger partial charge < -0.3 is 9.32 Å². The third kappa shape index (κ3) is 4.64. The Morgan fingerprint density at radius 2 is 1.82 bits per heavy atom. The van der Waals surface area contributed by atoms with E-state index in [1.165, 1.54) is 6.07 Å². The third-order valence-corrected chi connectivity index (χ3v) is 6.65. The number of rotatable bonds is 4. The molecule has 0 radical (unpaired) electrons. The monoisotopic (exact) mass is 456 g/mol. The van der Waals surface area contributed by atoms with Crippen LogP contribution in [0.4, 0.5) is 10.1 Å². The van der Waals surface area contributed by atoms with E-state index in [1.54, 1.807) is 24.1 Å². The zero-order chi connectivity index (χ0) is 23.4. The first kappa shape index (κ1) is 22.6. The molecule has 1 aliphatic rings. The summed E-state index contributed by atoms with van der Waals surface area (Å²) < 4.78 is 20.3. The van der Waals surface area contributed by atoms with Gasteiger partial charge in [0.05, 0.1) is 12.2 Å². The Hall–Kier alpha value is -3.57. The lowest BCUT2D eigenvalue weighted by molar-refractivity contribution is 0.575. The Kier molecular flexibility index (Phi) is 6.80. The molecule has 0 spiro atoms. The van der Waals surface area contributed by atoms with Gasteiger partial charge in [0, 0.05) is 33.0 Å². The van der Waals surface area contributed by atoms with Crippen LogP contribution < -0.4 is 4.90 Å². The maximum absolute atomic E-state index is 14.5. The second-order valence-corrected chi connectivity index (χ2v) is 8.58. The van der Waals surface area contributed by atoms with Crippen molar-refractivity contribution in [2.75, 3.05) is 10.7 Å². The molecule has 0 amide bonds. The number of aromatic nitrogens is 1. The molecule has 0 N–H and O–H groups in total. The van der Waals surface area contributed by atoms with Crippen molar-refractivity contribution in [1.29, 1.82) is 0 Å². The molecule has 0 saturated heterocycles. The molecule has 0 aliphatic carbocycles. The largest absolute Gasteiger partial charge is 0.444 e. The molecule has 1 aliphatic heterocycles. The fourth-order valence-corrected chi connectivity index (χ4v) is 4.72. The number of halogens is 1.